The molecule has 0 fully saturated rings. The summed E-state index contributed by atoms with van der Waals surface area (Å²) in [5.74, 6) is 0.551. The van der Waals surface area contributed by atoms with Crippen molar-refractivity contribution < 1.29 is 9.59 Å². The number of aromatic nitrogens is 2. The number of pyridine rings is 1. The first-order chi connectivity index (χ1) is 11.4. The summed E-state index contributed by atoms with van der Waals surface area (Å²) in [4.78, 5) is 33.7. The maximum absolute atomic E-state index is 12.5. The molecule has 0 saturated carbocycles. The van der Waals surface area contributed by atoms with Gasteiger partial charge in [-0.25, -0.2) is 4.98 Å². The summed E-state index contributed by atoms with van der Waals surface area (Å²) in [5.41, 5.74) is 2.98. The number of aryl methyl sites for hydroxylation is 1. The molecule has 6 heteroatoms. The number of nitrogens with zero attached hydrogens (tertiary/aromatic N) is 2. The molecule has 24 heavy (non-hydrogen) atoms. The smallest absolute Gasteiger partial charge is 0.272 e. The van der Waals surface area contributed by atoms with Crippen LogP contribution in [0.25, 0.3) is 0 Å². The number of rotatable bonds is 6. The monoisotopic (exact) mass is 328 g/mol. The van der Waals surface area contributed by atoms with Crippen LogP contribution < -0.4 is 10.2 Å². The molecule has 0 spiro atoms. The molecule has 0 aromatic carbocycles. The molecule has 0 aliphatic rings. The number of H-pyrrole nitrogens is 1. The molecule has 2 N–H and O–H groups in total. The highest BCUT2D eigenvalue weighted by molar-refractivity contribution is 6.07. The van der Waals surface area contributed by atoms with Gasteiger partial charge in [-0.05, 0) is 52.3 Å². The Morgan fingerprint density at radius 1 is 1.21 bits per heavy atom. The second-order valence-electron chi connectivity index (χ2n) is 5.71. The van der Waals surface area contributed by atoms with Crippen LogP contribution in [0.4, 0.5) is 11.5 Å². The largest absolute Gasteiger partial charge is 0.357 e. The molecule has 1 amide bonds. The molecule has 2 aromatic rings. The summed E-state index contributed by atoms with van der Waals surface area (Å²) in [6.07, 6.45) is 1.64. The van der Waals surface area contributed by atoms with E-state index in [9.17, 15) is 9.59 Å². The van der Waals surface area contributed by atoms with Crippen LogP contribution in [0.5, 0.6) is 0 Å². The third kappa shape index (κ3) is 3.48. The zero-order chi connectivity index (χ0) is 17.9. The Hall–Kier alpha value is -2.63. The van der Waals surface area contributed by atoms with E-state index in [1.54, 1.807) is 20.0 Å². The van der Waals surface area contributed by atoms with Crippen LogP contribution in [0.2, 0.25) is 0 Å². The lowest BCUT2D eigenvalue weighted by Gasteiger charge is -2.19. The lowest BCUT2D eigenvalue weighted by atomic mass is 10.1. The van der Waals surface area contributed by atoms with E-state index in [1.165, 1.54) is 6.92 Å². The van der Waals surface area contributed by atoms with Gasteiger partial charge < -0.3 is 15.2 Å². The van der Waals surface area contributed by atoms with Gasteiger partial charge in [0.15, 0.2) is 5.78 Å². The fourth-order valence-corrected chi connectivity index (χ4v) is 2.89. The predicted octanol–water partition coefficient (Wildman–Crippen LogP) is 3.33. The maximum atomic E-state index is 12.5. The summed E-state index contributed by atoms with van der Waals surface area (Å²) in [6, 6.07) is 3.71. The minimum atomic E-state index is -0.277. The summed E-state index contributed by atoms with van der Waals surface area (Å²) < 4.78 is 0. The minimum Gasteiger partial charge on any atom is -0.357 e. The number of amides is 1. The summed E-state index contributed by atoms with van der Waals surface area (Å²) in [6.45, 7) is 11.0. The van der Waals surface area contributed by atoms with E-state index in [-0.39, 0.29) is 11.7 Å². The quantitative estimate of drug-likeness (QED) is 0.797. The normalized spacial score (nSPS) is 10.5. The highest BCUT2D eigenvalue weighted by Crippen LogP contribution is 2.20. The molecule has 2 rings (SSSR count). The third-order valence-corrected chi connectivity index (χ3v) is 4.11. The summed E-state index contributed by atoms with van der Waals surface area (Å²) >= 11 is 0. The Labute approximate surface area is 142 Å². The van der Waals surface area contributed by atoms with Crippen LogP contribution in [0.15, 0.2) is 18.3 Å². The van der Waals surface area contributed by atoms with Crippen molar-refractivity contribution in [2.45, 2.75) is 34.6 Å². The zero-order valence-electron chi connectivity index (χ0n) is 14.9. The molecular weight excluding hydrogens is 304 g/mol. The summed E-state index contributed by atoms with van der Waals surface area (Å²) in [7, 11) is 0. The van der Waals surface area contributed by atoms with E-state index in [1.807, 2.05) is 12.1 Å². The molecule has 0 atom stereocenters. The van der Waals surface area contributed by atoms with Gasteiger partial charge in [0.05, 0.1) is 11.9 Å². The van der Waals surface area contributed by atoms with Gasteiger partial charge in [0.2, 0.25) is 0 Å². The number of aromatic amines is 1. The number of ketones is 1. The average Bonchev–Trinajstić information content (AvgIpc) is 2.85. The molecule has 2 heterocycles. The second kappa shape index (κ2) is 7.29. The number of carbonyl (C=O) groups excluding carboxylic acids is 2. The predicted molar refractivity (Wildman–Crippen MR) is 96.0 cm³/mol. The fraction of sp³-hybridized carbons (Fsp3) is 0.389. The molecule has 6 nitrogen and oxygen atoms in total. The SMILES string of the molecule is CCN(CC)c1ccc(NC(=O)c2[nH]c(C)c(C(C)=O)c2C)cn1. The van der Waals surface area contributed by atoms with Crippen LogP contribution in [0, 0.1) is 13.8 Å². The Bertz CT molecular complexity index is 743. The van der Waals surface area contributed by atoms with Crippen molar-refractivity contribution in [2.24, 2.45) is 0 Å². The Morgan fingerprint density at radius 3 is 2.33 bits per heavy atom. The van der Waals surface area contributed by atoms with Crippen molar-refractivity contribution in [2.75, 3.05) is 23.3 Å². The first kappa shape index (κ1) is 17.7. The van der Waals surface area contributed by atoms with Gasteiger partial charge in [-0.15, -0.1) is 0 Å². The Kier molecular flexibility index (Phi) is 5.39. The average molecular weight is 328 g/mol. The van der Waals surface area contributed by atoms with Gasteiger partial charge in [0, 0.05) is 24.3 Å². The van der Waals surface area contributed by atoms with Gasteiger partial charge >= 0.3 is 0 Å². The Balaban J connectivity index is 2.18. The lowest BCUT2D eigenvalue weighted by Crippen LogP contribution is -2.23. The lowest BCUT2D eigenvalue weighted by molar-refractivity contribution is 0.101. The van der Waals surface area contributed by atoms with Crippen molar-refractivity contribution in [1.82, 2.24) is 9.97 Å². The number of carbonyl (C=O) groups is 2. The molecule has 0 saturated heterocycles. The van der Waals surface area contributed by atoms with Crippen LogP contribution in [-0.4, -0.2) is 34.7 Å². The Morgan fingerprint density at radius 2 is 1.88 bits per heavy atom. The number of Topliss-reactive ketones (excluding diaryl/α,β-unsaturated/α-hetero) is 1. The van der Waals surface area contributed by atoms with E-state index < -0.39 is 0 Å². The first-order valence-corrected chi connectivity index (χ1v) is 8.11. The molecule has 2 aromatic heterocycles. The molecule has 0 radical (unpaired) electrons. The molecule has 0 unspecified atom stereocenters. The molecular formula is C18H24N4O2. The number of nitrogens with one attached hydrogen (secondary N) is 2. The van der Waals surface area contributed by atoms with Crippen molar-refractivity contribution in [3.63, 3.8) is 0 Å². The summed E-state index contributed by atoms with van der Waals surface area (Å²) in [5, 5.41) is 2.82. The van der Waals surface area contributed by atoms with Gasteiger partial charge in [0.25, 0.3) is 5.91 Å². The van der Waals surface area contributed by atoms with Crippen LogP contribution >= 0.6 is 0 Å². The van der Waals surface area contributed by atoms with Crippen LogP contribution in [-0.2, 0) is 0 Å². The highest BCUT2D eigenvalue weighted by Gasteiger charge is 2.19. The van der Waals surface area contributed by atoms with Gasteiger partial charge in [-0.2, -0.15) is 0 Å². The van der Waals surface area contributed by atoms with Crippen molar-refractivity contribution in [3.05, 3.63) is 40.8 Å². The van der Waals surface area contributed by atoms with E-state index in [0.29, 0.717) is 28.2 Å². The molecule has 128 valence electrons. The first-order valence-electron chi connectivity index (χ1n) is 8.11. The molecule has 0 aliphatic carbocycles. The van der Waals surface area contributed by atoms with Gasteiger partial charge in [0.1, 0.15) is 11.5 Å². The van der Waals surface area contributed by atoms with E-state index >= 15 is 0 Å². The number of hydrogen-bond donors (Lipinski definition) is 2. The highest BCUT2D eigenvalue weighted by atomic mass is 16.2. The molecule has 0 aliphatic heterocycles. The maximum Gasteiger partial charge on any atom is 0.272 e. The fourth-order valence-electron chi connectivity index (χ4n) is 2.89. The second-order valence-corrected chi connectivity index (χ2v) is 5.71. The number of hydrogen-bond acceptors (Lipinski definition) is 4. The van der Waals surface area contributed by atoms with Crippen molar-refractivity contribution in [1.29, 1.82) is 0 Å². The van der Waals surface area contributed by atoms with E-state index in [2.05, 4.69) is 34.0 Å². The molecule has 0 bridgehead atoms. The third-order valence-electron chi connectivity index (χ3n) is 4.11. The van der Waals surface area contributed by atoms with Crippen LogP contribution in [0.3, 0.4) is 0 Å². The van der Waals surface area contributed by atoms with E-state index in [0.717, 1.165) is 18.9 Å². The van der Waals surface area contributed by atoms with Crippen molar-refractivity contribution in [3.8, 4) is 0 Å². The standard InChI is InChI=1S/C18H24N4O2/c1-6-22(7-2)15-9-8-14(10-19-15)21-18(24)17-11(3)16(13(5)23)12(4)20-17/h8-10,20H,6-7H2,1-5H3,(H,21,24). The van der Waals surface area contributed by atoms with Gasteiger partial charge in [-0.1, -0.05) is 0 Å². The van der Waals surface area contributed by atoms with Gasteiger partial charge in [-0.3, -0.25) is 9.59 Å². The van der Waals surface area contributed by atoms with Crippen molar-refractivity contribution >= 4 is 23.2 Å². The minimum absolute atomic E-state index is 0.0504. The van der Waals surface area contributed by atoms with E-state index in [4.69, 9.17) is 0 Å². The zero-order valence-corrected chi connectivity index (χ0v) is 14.9. The topological polar surface area (TPSA) is 78.1 Å². The number of anilines is 2. The van der Waals surface area contributed by atoms with Crippen LogP contribution in [0.1, 0.15) is 52.9 Å².